The van der Waals surface area contributed by atoms with E-state index in [1.807, 2.05) is 25.1 Å². The largest absolute Gasteiger partial charge is 0.490 e. The predicted octanol–water partition coefficient (Wildman–Crippen LogP) is 5.47. The summed E-state index contributed by atoms with van der Waals surface area (Å²) in [7, 11) is -0.928. The van der Waals surface area contributed by atoms with Gasteiger partial charge in [0.05, 0.1) is 23.8 Å². The average Bonchev–Trinajstić information content (AvgIpc) is 3.13. The average molecular weight is 686 g/mol. The van der Waals surface area contributed by atoms with Gasteiger partial charge in [-0.1, -0.05) is 23.7 Å². The van der Waals surface area contributed by atoms with Crippen LogP contribution in [0.2, 0.25) is 5.02 Å². The minimum Gasteiger partial charge on any atom is -0.490 e. The first kappa shape index (κ1) is 33.6. The zero-order chi connectivity index (χ0) is 33.8. The molecule has 10 nitrogen and oxygen atoms in total. The van der Waals surface area contributed by atoms with E-state index in [0.29, 0.717) is 36.2 Å². The molecule has 2 aromatic carbocycles. The molecule has 2 bridgehead atoms. The number of rotatable bonds is 1. The first-order valence-electron chi connectivity index (χ1n) is 16.2. The number of nitrogens with zero attached hydrogens (tertiary/aromatic N) is 2. The highest BCUT2D eigenvalue weighted by Gasteiger charge is 2.49. The number of aryl methyl sites for hydroxylation is 1. The van der Waals surface area contributed by atoms with E-state index in [4.69, 9.17) is 25.8 Å². The second kappa shape index (κ2) is 12.3. The van der Waals surface area contributed by atoms with Crippen molar-refractivity contribution in [3.8, 4) is 5.75 Å². The number of carbonyl (C=O) groups excluding carboxylic acids is 2. The minimum absolute atomic E-state index is 0.0141. The summed E-state index contributed by atoms with van der Waals surface area (Å²) in [5.74, 6) is -0.102. The standard InChI is InChI=1S/C35H44ClN3O7S/c1-33(2)31(40)37-47(42,43)26-11-14-30-29(19-26)39(21-35(22-44-30)16-6-8-23-18-25(36)10-13-28(23)35)20-24-9-12-27(24)34(3,15-7-17-45-33)46-32(41)38(4)5/h7,10-11,13-15,18-19,24,27H,6,8-9,12,16-17,20-22H2,1-5H3,(H,37,40)/t24-,27+,34-,35-/m0/s1. The zero-order valence-electron chi connectivity index (χ0n) is 27.7. The van der Waals surface area contributed by atoms with E-state index in [2.05, 4.69) is 15.7 Å². The van der Waals surface area contributed by atoms with Crippen molar-refractivity contribution >= 4 is 39.3 Å². The Hall–Kier alpha value is -3.28. The van der Waals surface area contributed by atoms with Crippen LogP contribution in [-0.2, 0) is 36.1 Å². The number of carbonyl (C=O) groups is 2. The molecule has 0 aromatic heterocycles. The summed E-state index contributed by atoms with van der Waals surface area (Å²) in [6.07, 6.45) is 7.71. The van der Waals surface area contributed by atoms with Crippen molar-refractivity contribution in [1.29, 1.82) is 0 Å². The van der Waals surface area contributed by atoms with E-state index in [1.165, 1.54) is 35.9 Å². The molecular formula is C35H44ClN3O7S. The van der Waals surface area contributed by atoms with Gasteiger partial charge >= 0.3 is 6.09 Å². The summed E-state index contributed by atoms with van der Waals surface area (Å²) in [5.41, 5.74) is 0.293. The Morgan fingerprint density at radius 1 is 1.13 bits per heavy atom. The first-order valence-corrected chi connectivity index (χ1v) is 18.1. The predicted molar refractivity (Wildman–Crippen MR) is 180 cm³/mol. The van der Waals surface area contributed by atoms with Gasteiger partial charge in [-0.05, 0) is 106 Å². The van der Waals surface area contributed by atoms with Crippen LogP contribution in [0.25, 0.3) is 0 Å². The molecule has 2 aliphatic carbocycles. The molecule has 0 unspecified atom stereocenters. The molecule has 2 aliphatic heterocycles. The Bertz CT molecular complexity index is 1710. The van der Waals surface area contributed by atoms with Crippen molar-refractivity contribution < 1.29 is 32.2 Å². The molecule has 1 spiro atoms. The van der Waals surface area contributed by atoms with Gasteiger partial charge in [0.2, 0.25) is 0 Å². The molecule has 254 valence electrons. The van der Waals surface area contributed by atoms with Crippen LogP contribution in [0.15, 0.2) is 53.4 Å². The smallest absolute Gasteiger partial charge is 0.410 e. The van der Waals surface area contributed by atoms with Gasteiger partial charge in [-0.3, -0.25) is 4.79 Å². The lowest BCUT2D eigenvalue weighted by Crippen LogP contribution is -2.53. The van der Waals surface area contributed by atoms with Gasteiger partial charge in [0.25, 0.3) is 15.9 Å². The molecule has 4 aliphatic rings. The van der Waals surface area contributed by atoms with Crippen LogP contribution < -0.4 is 14.4 Å². The fourth-order valence-electron chi connectivity index (χ4n) is 7.51. The first-order chi connectivity index (χ1) is 22.1. The van der Waals surface area contributed by atoms with Crippen molar-refractivity contribution in [2.45, 2.75) is 74.4 Å². The molecule has 1 N–H and O–H groups in total. The molecule has 6 rings (SSSR count). The topological polar surface area (TPSA) is 114 Å². The highest BCUT2D eigenvalue weighted by Crippen LogP contribution is 2.49. The molecule has 1 fully saturated rings. The Balaban J connectivity index is 1.46. The van der Waals surface area contributed by atoms with Crippen molar-refractivity contribution in [2.75, 3.05) is 45.3 Å². The fourth-order valence-corrected chi connectivity index (χ4v) is 8.82. The highest BCUT2D eigenvalue weighted by molar-refractivity contribution is 7.90. The second-order valence-electron chi connectivity index (χ2n) is 14.3. The molecular weight excluding hydrogens is 642 g/mol. The number of ether oxygens (including phenoxy) is 3. The number of amides is 2. The molecule has 2 heterocycles. The summed E-state index contributed by atoms with van der Waals surface area (Å²) in [4.78, 5) is 29.8. The van der Waals surface area contributed by atoms with Crippen LogP contribution in [-0.4, -0.2) is 76.9 Å². The molecule has 2 amide bonds. The molecule has 47 heavy (non-hydrogen) atoms. The molecule has 4 atom stereocenters. The normalized spacial score (nSPS) is 29.7. The molecule has 12 heteroatoms. The third-order valence-corrected chi connectivity index (χ3v) is 11.9. The van der Waals surface area contributed by atoms with E-state index >= 15 is 0 Å². The number of benzene rings is 2. The van der Waals surface area contributed by atoms with E-state index in [-0.39, 0.29) is 28.8 Å². The van der Waals surface area contributed by atoms with Crippen molar-refractivity contribution in [1.82, 2.24) is 9.62 Å². The lowest BCUT2D eigenvalue weighted by Gasteiger charge is -2.49. The molecule has 0 radical (unpaired) electrons. The van der Waals surface area contributed by atoms with Crippen molar-refractivity contribution in [3.05, 3.63) is 64.7 Å². The minimum atomic E-state index is -4.24. The summed E-state index contributed by atoms with van der Waals surface area (Å²) >= 11 is 6.42. The van der Waals surface area contributed by atoms with Gasteiger partial charge in [-0.2, -0.15) is 0 Å². The maximum Gasteiger partial charge on any atom is 0.410 e. The number of anilines is 1. The quantitative estimate of drug-likeness (QED) is 0.394. The monoisotopic (exact) mass is 685 g/mol. The Labute approximate surface area is 282 Å². The van der Waals surface area contributed by atoms with Crippen LogP contribution in [0.5, 0.6) is 5.75 Å². The lowest BCUT2D eigenvalue weighted by atomic mass is 9.64. The summed E-state index contributed by atoms with van der Waals surface area (Å²) < 4.78 is 48.0. The number of fused-ring (bicyclic) bond motifs is 4. The number of nitrogens with one attached hydrogen (secondary N) is 1. The summed E-state index contributed by atoms with van der Waals surface area (Å²) in [5, 5.41) is 0.700. The molecule has 1 saturated carbocycles. The highest BCUT2D eigenvalue weighted by atomic mass is 35.5. The lowest BCUT2D eigenvalue weighted by molar-refractivity contribution is -0.139. The maximum atomic E-state index is 13.6. The van der Waals surface area contributed by atoms with E-state index in [1.54, 1.807) is 32.3 Å². The van der Waals surface area contributed by atoms with Crippen LogP contribution in [0.4, 0.5) is 10.5 Å². The van der Waals surface area contributed by atoms with Gasteiger partial charge < -0.3 is 24.0 Å². The Morgan fingerprint density at radius 2 is 1.91 bits per heavy atom. The number of sulfonamides is 1. The third-order valence-electron chi connectivity index (χ3n) is 10.4. The SMILES string of the molecule is CN(C)C(=O)O[C@@]1(C)C=CCOC(C)(C)C(=O)NS(=O)(=O)c2ccc3c(c2)N(C[C@@H]2CC[C@H]21)C[C@@]1(CCCc2cc(Cl)ccc21)CO3. The van der Waals surface area contributed by atoms with Crippen molar-refractivity contribution in [2.24, 2.45) is 11.8 Å². The summed E-state index contributed by atoms with van der Waals surface area (Å²) in [6.45, 7) is 6.59. The van der Waals surface area contributed by atoms with Gasteiger partial charge in [-0.15, -0.1) is 0 Å². The van der Waals surface area contributed by atoms with E-state index in [0.717, 1.165) is 32.1 Å². The number of hydrogen-bond donors (Lipinski definition) is 1. The van der Waals surface area contributed by atoms with Crippen molar-refractivity contribution in [3.63, 3.8) is 0 Å². The van der Waals surface area contributed by atoms with E-state index in [9.17, 15) is 18.0 Å². The van der Waals surface area contributed by atoms with Crippen LogP contribution in [0.3, 0.4) is 0 Å². The Kier molecular flexibility index (Phi) is 8.80. The van der Waals surface area contributed by atoms with Gasteiger partial charge in [0, 0.05) is 43.5 Å². The number of halogens is 1. The second-order valence-corrected chi connectivity index (χ2v) is 16.4. The molecule has 2 aromatic rings. The third kappa shape index (κ3) is 6.46. The van der Waals surface area contributed by atoms with Crippen LogP contribution in [0, 0.1) is 11.8 Å². The van der Waals surface area contributed by atoms with E-state index < -0.39 is 33.2 Å². The van der Waals surface area contributed by atoms with Gasteiger partial charge in [-0.25, -0.2) is 17.9 Å². The molecule has 0 saturated heterocycles. The van der Waals surface area contributed by atoms with Crippen LogP contribution >= 0.6 is 11.6 Å². The zero-order valence-corrected chi connectivity index (χ0v) is 29.2. The maximum absolute atomic E-state index is 13.6. The van der Waals surface area contributed by atoms with Crippen LogP contribution in [0.1, 0.15) is 57.6 Å². The fraction of sp³-hybridized carbons (Fsp3) is 0.543. The Morgan fingerprint density at radius 3 is 2.64 bits per heavy atom. The summed E-state index contributed by atoms with van der Waals surface area (Å²) in [6, 6.07) is 10.8. The van der Waals surface area contributed by atoms with Gasteiger partial charge in [0.15, 0.2) is 0 Å². The van der Waals surface area contributed by atoms with Gasteiger partial charge in [0.1, 0.15) is 17.0 Å². The number of hydrogen-bond acceptors (Lipinski definition) is 8.